The van der Waals surface area contributed by atoms with E-state index in [2.05, 4.69) is 16.0 Å². The largest absolute Gasteiger partial charge is 0.480 e. The van der Waals surface area contributed by atoms with Gasteiger partial charge in [0, 0.05) is 5.69 Å². The van der Waals surface area contributed by atoms with Crippen LogP contribution in [0.5, 0.6) is 0 Å². The molecule has 7 heteroatoms. The Labute approximate surface area is 116 Å². The molecule has 20 heavy (non-hydrogen) atoms. The van der Waals surface area contributed by atoms with Crippen LogP contribution in [0.1, 0.15) is 11.1 Å². The molecule has 0 aromatic heterocycles. The Balaban J connectivity index is 2.44. The number of para-hydroxylation sites is 1. The van der Waals surface area contributed by atoms with Gasteiger partial charge in [0.1, 0.15) is 6.54 Å². The number of urea groups is 1. The average molecular weight is 279 g/mol. The van der Waals surface area contributed by atoms with Crippen LogP contribution in [0.2, 0.25) is 0 Å². The standard InChI is InChI=1S/C13H17N3O4/c1-8-4-3-5-9(2)12(8)16-13(20)15-6-10(17)14-7-11(18)19/h3-5H,6-7H2,1-2H3,(H,14,17)(H,18,19)(H2,15,16,20). The lowest BCUT2D eigenvalue weighted by Gasteiger charge is -2.12. The molecular weight excluding hydrogens is 262 g/mol. The SMILES string of the molecule is Cc1cccc(C)c1NC(=O)NCC(=O)NCC(=O)O. The number of carboxylic acid groups (broad SMARTS) is 1. The van der Waals surface area contributed by atoms with E-state index < -0.39 is 24.5 Å². The topological polar surface area (TPSA) is 108 Å². The van der Waals surface area contributed by atoms with Crippen LogP contribution < -0.4 is 16.0 Å². The molecule has 1 aromatic rings. The summed E-state index contributed by atoms with van der Waals surface area (Å²) in [6.07, 6.45) is 0. The monoisotopic (exact) mass is 279 g/mol. The van der Waals surface area contributed by atoms with Crippen molar-refractivity contribution in [1.29, 1.82) is 0 Å². The van der Waals surface area contributed by atoms with Gasteiger partial charge in [-0.2, -0.15) is 0 Å². The van der Waals surface area contributed by atoms with Crippen LogP contribution in [0.4, 0.5) is 10.5 Å². The average Bonchev–Trinajstić information content (AvgIpc) is 2.38. The Bertz CT molecular complexity index is 508. The normalized spacial score (nSPS) is 9.70. The first-order valence-electron chi connectivity index (χ1n) is 5.99. The van der Waals surface area contributed by atoms with Crippen molar-refractivity contribution in [3.05, 3.63) is 29.3 Å². The number of amides is 3. The summed E-state index contributed by atoms with van der Waals surface area (Å²) in [7, 11) is 0. The molecule has 0 spiro atoms. The fourth-order valence-electron chi connectivity index (χ4n) is 1.57. The number of hydrogen-bond acceptors (Lipinski definition) is 3. The highest BCUT2D eigenvalue weighted by molar-refractivity contribution is 5.93. The van der Waals surface area contributed by atoms with E-state index >= 15 is 0 Å². The van der Waals surface area contributed by atoms with E-state index in [1.54, 1.807) is 0 Å². The molecule has 0 fully saturated rings. The summed E-state index contributed by atoms with van der Waals surface area (Å²) in [5.74, 6) is -1.71. The van der Waals surface area contributed by atoms with Crippen LogP contribution in [0.25, 0.3) is 0 Å². The van der Waals surface area contributed by atoms with Crippen LogP contribution in [-0.2, 0) is 9.59 Å². The summed E-state index contributed by atoms with van der Waals surface area (Å²) in [5.41, 5.74) is 2.52. The molecule has 108 valence electrons. The molecule has 1 aromatic carbocycles. The molecule has 7 nitrogen and oxygen atoms in total. The molecule has 0 radical (unpaired) electrons. The Morgan fingerprint density at radius 2 is 1.65 bits per heavy atom. The van der Waals surface area contributed by atoms with Crippen molar-refractivity contribution in [3.63, 3.8) is 0 Å². The van der Waals surface area contributed by atoms with Gasteiger partial charge in [-0.05, 0) is 25.0 Å². The van der Waals surface area contributed by atoms with Gasteiger partial charge in [0.2, 0.25) is 5.91 Å². The predicted octanol–water partition coefficient (Wildman–Crippen LogP) is 0.626. The molecule has 0 aliphatic heterocycles. The maximum atomic E-state index is 11.6. The fraction of sp³-hybridized carbons (Fsp3) is 0.308. The number of benzene rings is 1. The minimum atomic E-state index is -1.14. The zero-order chi connectivity index (χ0) is 15.1. The number of anilines is 1. The van der Waals surface area contributed by atoms with E-state index in [1.165, 1.54) is 0 Å². The number of rotatable bonds is 5. The minimum absolute atomic E-state index is 0.288. The van der Waals surface area contributed by atoms with Crippen LogP contribution in [0.15, 0.2) is 18.2 Å². The number of aliphatic carboxylic acids is 1. The third-order valence-electron chi connectivity index (χ3n) is 2.57. The maximum absolute atomic E-state index is 11.6. The van der Waals surface area contributed by atoms with E-state index in [9.17, 15) is 14.4 Å². The van der Waals surface area contributed by atoms with Crippen molar-refractivity contribution in [2.45, 2.75) is 13.8 Å². The number of hydrogen-bond donors (Lipinski definition) is 4. The Kier molecular flexibility index (Phi) is 5.52. The second-order valence-electron chi connectivity index (χ2n) is 4.24. The zero-order valence-electron chi connectivity index (χ0n) is 11.3. The summed E-state index contributed by atoms with van der Waals surface area (Å²) < 4.78 is 0. The lowest BCUT2D eigenvalue weighted by Crippen LogP contribution is -2.40. The zero-order valence-corrected chi connectivity index (χ0v) is 11.3. The van der Waals surface area contributed by atoms with Crippen molar-refractivity contribution < 1.29 is 19.5 Å². The van der Waals surface area contributed by atoms with Crippen molar-refractivity contribution >= 4 is 23.6 Å². The highest BCUT2D eigenvalue weighted by Gasteiger charge is 2.09. The molecule has 4 N–H and O–H groups in total. The molecule has 0 aliphatic carbocycles. The van der Waals surface area contributed by atoms with E-state index in [1.807, 2.05) is 32.0 Å². The van der Waals surface area contributed by atoms with Gasteiger partial charge in [0.15, 0.2) is 0 Å². The Hall–Kier alpha value is -2.57. The van der Waals surface area contributed by atoms with E-state index in [0.29, 0.717) is 5.69 Å². The minimum Gasteiger partial charge on any atom is -0.480 e. The van der Waals surface area contributed by atoms with Crippen molar-refractivity contribution in [3.8, 4) is 0 Å². The van der Waals surface area contributed by atoms with Crippen LogP contribution in [-0.4, -0.2) is 36.1 Å². The lowest BCUT2D eigenvalue weighted by atomic mass is 10.1. The number of nitrogens with one attached hydrogen (secondary N) is 3. The first-order valence-corrected chi connectivity index (χ1v) is 5.99. The van der Waals surface area contributed by atoms with Gasteiger partial charge >= 0.3 is 12.0 Å². The second kappa shape index (κ2) is 7.13. The Morgan fingerprint density at radius 1 is 1.05 bits per heavy atom. The smallest absolute Gasteiger partial charge is 0.322 e. The van der Waals surface area contributed by atoms with Gasteiger partial charge in [0.05, 0.1) is 6.54 Å². The summed E-state index contributed by atoms with van der Waals surface area (Å²) in [4.78, 5) is 33.1. The van der Waals surface area contributed by atoms with E-state index in [4.69, 9.17) is 5.11 Å². The summed E-state index contributed by atoms with van der Waals surface area (Å²) in [6.45, 7) is 2.97. The van der Waals surface area contributed by atoms with Gasteiger partial charge in [-0.25, -0.2) is 4.79 Å². The molecule has 0 saturated carbocycles. The van der Waals surface area contributed by atoms with Crippen LogP contribution in [0, 0.1) is 13.8 Å². The van der Waals surface area contributed by atoms with Gasteiger partial charge in [-0.1, -0.05) is 18.2 Å². The maximum Gasteiger partial charge on any atom is 0.322 e. The first-order chi connectivity index (χ1) is 9.40. The van der Waals surface area contributed by atoms with E-state index in [0.717, 1.165) is 11.1 Å². The molecule has 1 rings (SSSR count). The Morgan fingerprint density at radius 3 is 2.20 bits per heavy atom. The van der Waals surface area contributed by atoms with Gasteiger partial charge < -0.3 is 21.1 Å². The number of carbonyl (C=O) groups excluding carboxylic acids is 2. The molecule has 0 unspecified atom stereocenters. The molecule has 0 saturated heterocycles. The summed E-state index contributed by atoms with van der Waals surface area (Å²) in [6, 6.07) is 5.09. The van der Waals surface area contributed by atoms with Crippen LogP contribution in [0.3, 0.4) is 0 Å². The molecule has 0 bridgehead atoms. The lowest BCUT2D eigenvalue weighted by molar-refractivity contribution is -0.137. The van der Waals surface area contributed by atoms with Gasteiger partial charge in [-0.15, -0.1) is 0 Å². The number of carbonyl (C=O) groups is 3. The number of carboxylic acids is 1. The van der Waals surface area contributed by atoms with Crippen molar-refractivity contribution in [2.24, 2.45) is 0 Å². The van der Waals surface area contributed by atoms with E-state index in [-0.39, 0.29) is 6.54 Å². The highest BCUT2D eigenvalue weighted by Crippen LogP contribution is 2.18. The highest BCUT2D eigenvalue weighted by atomic mass is 16.4. The van der Waals surface area contributed by atoms with Crippen LogP contribution >= 0.6 is 0 Å². The summed E-state index contributed by atoms with van der Waals surface area (Å²) >= 11 is 0. The molecule has 0 atom stereocenters. The first kappa shape index (κ1) is 15.5. The van der Waals surface area contributed by atoms with Gasteiger partial charge in [-0.3, -0.25) is 9.59 Å². The third-order valence-corrected chi connectivity index (χ3v) is 2.57. The van der Waals surface area contributed by atoms with Crippen molar-refractivity contribution in [1.82, 2.24) is 10.6 Å². The predicted molar refractivity (Wildman–Crippen MR) is 73.6 cm³/mol. The molecule has 0 heterocycles. The van der Waals surface area contributed by atoms with Gasteiger partial charge in [0.25, 0.3) is 0 Å². The van der Waals surface area contributed by atoms with Crippen molar-refractivity contribution in [2.75, 3.05) is 18.4 Å². The third kappa shape index (κ3) is 4.97. The summed E-state index contributed by atoms with van der Waals surface area (Å²) in [5, 5.41) is 15.5. The quantitative estimate of drug-likeness (QED) is 0.634. The molecule has 3 amide bonds. The molecule has 0 aliphatic rings. The number of aryl methyl sites for hydroxylation is 2. The second-order valence-corrected chi connectivity index (χ2v) is 4.24. The fourth-order valence-corrected chi connectivity index (χ4v) is 1.57. The molecular formula is C13H17N3O4.